The highest BCUT2D eigenvalue weighted by Crippen LogP contribution is 2.37. The van der Waals surface area contributed by atoms with Crippen molar-refractivity contribution in [1.29, 1.82) is 0 Å². The first-order valence-electron chi connectivity index (χ1n) is 7.61. The minimum Gasteiger partial charge on any atom is -0.357 e. The molecule has 2 heterocycles. The molecule has 0 saturated heterocycles. The van der Waals surface area contributed by atoms with Crippen molar-refractivity contribution < 1.29 is 0 Å². The van der Waals surface area contributed by atoms with Crippen LogP contribution in [0.4, 0.5) is 0 Å². The van der Waals surface area contributed by atoms with Gasteiger partial charge in [-0.2, -0.15) is 0 Å². The molecule has 2 nitrogen and oxygen atoms in total. The zero-order valence-corrected chi connectivity index (χ0v) is 12.5. The summed E-state index contributed by atoms with van der Waals surface area (Å²) < 4.78 is 0. The van der Waals surface area contributed by atoms with Gasteiger partial charge < -0.3 is 10.3 Å². The van der Waals surface area contributed by atoms with Crippen LogP contribution < -0.4 is 5.32 Å². The number of fused-ring (bicyclic) bond motifs is 3. The molecular weight excluding hydrogens is 256 g/mol. The molecule has 0 bridgehead atoms. The van der Waals surface area contributed by atoms with E-state index in [4.69, 9.17) is 0 Å². The van der Waals surface area contributed by atoms with Gasteiger partial charge in [0.2, 0.25) is 0 Å². The van der Waals surface area contributed by atoms with Crippen molar-refractivity contribution in [3.8, 4) is 0 Å². The van der Waals surface area contributed by atoms with Crippen LogP contribution in [0.25, 0.3) is 10.9 Å². The lowest BCUT2D eigenvalue weighted by Crippen LogP contribution is -2.28. The molecule has 0 saturated carbocycles. The van der Waals surface area contributed by atoms with Gasteiger partial charge >= 0.3 is 0 Å². The Kier molecular flexibility index (Phi) is 2.86. The number of hydrogen-bond acceptors (Lipinski definition) is 1. The van der Waals surface area contributed by atoms with Crippen molar-refractivity contribution in [2.24, 2.45) is 0 Å². The van der Waals surface area contributed by atoms with Gasteiger partial charge in [0.25, 0.3) is 0 Å². The van der Waals surface area contributed by atoms with E-state index >= 15 is 0 Å². The summed E-state index contributed by atoms with van der Waals surface area (Å²) in [4.78, 5) is 3.61. The maximum atomic E-state index is 3.61. The summed E-state index contributed by atoms with van der Waals surface area (Å²) in [7, 11) is 0. The summed E-state index contributed by atoms with van der Waals surface area (Å²) in [6, 6.07) is 15.5. The van der Waals surface area contributed by atoms with Crippen LogP contribution in [0.2, 0.25) is 0 Å². The number of aromatic amines is 1. The number of benzene rings is 2. The second-order valence-corrected chi connectivity index (χ2v) is 6.11. The maximum absolute atomic E-state index is 3.61. The van der Waals surface area contributed by atoms with Gasteiger partial charge in [-0.25, -0.2) is 0 Å². The van der Waals surface area contributed by atoms with Crippen molar-refractivity contribution in [1.82, 2.24) is 10.3 Å². The summed E-state index contributed by atoms with van der Waals surface area (Å²) in [6.45, 7) is 6.31. The SMILES string of the molecule is Cc1ccc2c3c([nH]c2c1)CNCC3c1ccccc1C. The van der Waals surface area contributed by atoms with Gasteiger partial charge in [-0.05, 0) is 42.2 Å². The molecule has 2 N–H and O–H groups in total. The second kappa shape index (κ2) is 4.74. The average Bonchev–Trinajstić information content (AvgIpc) is 2.85. The summed E-state index contributed by atoms with van der Waals surface area (Å²) in [5.41, 5.74) is 8.21. The molecule has 0 amide bonds. The number of aryl methyl sites for hydroxylation is 2. The van der Waals surface area contributed by atoms with Gasteiger partial charge in [-0.15, -0.1) is 0 Å². The Bertz CT molecular complexity index is 814. The van der Waals surface area contributed by atoms with Crippen LogP contribution in [0.15, 0.2) is 42.5 Å². The second-order valence-electron chi connectivity index (χ2n) is 6.11. The van der Waals surface area contributed by atoms with Gasteiger partial charge in [0.05, 0.1) is 0 Å². The molecule has 0 aliphatic carbocycles. The number of nitrogens with one attached hydrogen (secondary N) is 2. The van der Waals surface area contributed by atoms with Crippen molar-refractivity contribution in [2.45, 2.75) is 26.3 Å². The fourth-order valence-corrected chi connectivity index (χ4v) is 3.61. The monoisotopic (exact) mass is 276 g/mol. The number of H-pyrrole nitrogens is 1. The van der Waals surface area contributed by atoms with Gasteiger partial charge in [0, 0.05) is 35.6 Å². The highest BCUT2D eigenvalue weighted by molar-refractivity contribution is 5.86. The maximum Gasteiger partial charge on any atom is 0.0462 e. The molecule has 21 heavy (non-hydrogen) atoms. The summed E-state index contributed by atoms with van der Waals surface area (Å²) in [6.07, 6.45) is 0. The molecule has 1 aromatic heterocycles. The van der Waals surface area contributed by atoms with Crippen molar-refractivity contribution in [3.63, 3.8) is 0 Å². The molecule has 1 aliphatic heterocycles. The van der Waals surface area contributed by atoms with Crippen molar-refractivity contribution >= 4 is 10.9 Å². The normalized spacial score (nSPS) is 17.9. The number of rotatable bonds is 1. The van der Waals surface area contributed by atoms with E-state index in [2.05, 4.69) is 66.6 Å². The Morgan fingerprint density at radius 1 is 1.05 bits per heavy atom. The minimum atomic E-state index is 0.436. The first kappa shape index (κ1) is 12.7. The van der Waals surface area contributed by atoms with E-state index in [1.165, 1.54) is 38.9 Å². The Morgan fingerprint density at radius 3 is 2.76 bits per heavy atom. The van der Waals surface area contributed by atoms with Crippen LogP contribution in [-0.2, 0) is 6.54 Å². The van der Waals surface area contributed by atoms with Crippen LogP contribution in [-0.4, -0.2) is 11.5 Å². The molecule has 0 spiro atoms. The van der Waals surface area contributed by atoms with Gasteiger partial charge in [0.15, 0.2) is 0 Å². The number of hydrogen-bond donors (Lipinski definition) is 2. The zero-order valence-electron chi connectivity index (χ0n) is 12.5. The van der Waals surface area contributed by atoms with E-state index in [1.54, 1.807) is 0 Å². The Hall–Kier alpha value is -2.06. The standard InChI is InChI=1S/C19H20N2/c1-12-7-8-15-17(9-12)21-18-11-20-10-16(19(15)18)14-6-4-3-5-13(14)2/h3-9,16,20-21H,10-11H2,1-2H3. The van der Waals surface area contributed by atoms with E-state index in [0.29, 0.717) is 5.92 Å². The van der Waals surface area contributed by atoms with Crippen LogP contribution in [0.5, 0.6) is 0 Å². The van der Waals surface area contributed by atoms with Gasteiger partial charge in [0.1, 0.15) is 0 Å². The van der Waals surface area contributed by atoms with Crippen LogP contribution in [0.3, 0.4) is 0 Å². The topological polar surface area (TPSA) is 27.8 Å². The first-order chi connectivity index (χ1) is 10.2. The van der Waals surface area contributed by atoms with E-state index < -0.39 is 0 Å². The molecule has 3 aromatic rings. The predicted molar refractivity (Wildman–Crippen MR) is 87.8 cm³/mol. The Balaban J connectivity index is 1.95. The molecule has 0 radical (unpaired) electrons. The lowest BCUT2D eigenvalue weighted by Gasteiger charge is -2.26. The molecule has 0 fully saturated rings. The lowest BCUT2D eigenvalue weighted by atomic mass is 9.85. The van der Waals surface area contributed by atoms with Crippen molar-refractivity contribution in [2.75, 3.05) is 6.54 Å². The van der Waals surface area contributed by atoms with Crippen LogP contribution in [0.1, 0.15) is 33.9 Å². The van der Waals surface area contributed by atoms with Crippen LogP contribution >= 0.6 is 0 Å². The Morgan fingerprint density at radius 2 is 1.90 bits per heavy atom. The van der Waals surface area contributed by atoms with E-state index in [-0.39, 0.29) is 0 Å². The fourth-order valence-electron chi connectivity index (χ4n) is 3.61. The predicted octanol–water partition coefficient (Wildman–Crippen LogP) is 4.02. The smallest absolute Gasteiger partial charge is 0.0462 e. The third-order valence-corrected chi connectivity index (χ3v) is 4.64. The van der Waals surface area contributed by atoms with E-state index in [9.17, 15) is 0 Å². The first-order valence-corrected chi connectivity index (χ1v) is 7.61. The quantitative estimate of drug-likeness (QED) is 0.690. The Labute approximate surface area is 125 Å². The third kappa shape index (κ3) is 1.98. The fraction of sp³-hybridized carbons (Fsp3) is 0.263. The third-order valence-electron chi connectivity index (χ3n) is 4.64. The largest absolute Gasteiger partial charge is 0.357 e. The molecular formula is C19H20N2. The molecule has 1 aliphatic rings. The highest BCUT2D eigenvalue weighted by Gasteiger charge is 2.26. The summed E-state index contributed by atoms with van der Waals surface area (Å²) in [5, 5.41) is 4.94. The minimum absolute atomic E-state index is 0.436. The molecule has 2 heteroatoms. The number of aromatic nitrogens is 1. The molecule has 4 rings (SSSR count). The van der Waals surface area contributed by atoms with E-state index in [1.807, 2.05) is 0 Å². The highest BCUT2D eigenvalue weighted by atomic mass is 14.9. The summed E-state index contributed by atoms with van der Waals surface area (Å²) in [5.74, 6) is 0.436. The molecule has 2 aromatic carbocycles. The van der Waals surface area contributed by atoms with Crippen molar-refractivity contribution in [3.05, 3.63) is 70.4 Å². The average molecular weight is 276 g/mol. The summed E-state index contributed by atoms with van der Waals surface area (Å²) >= 11 is 0. The molecule has 1 unspecified atom stereocenters. The zero-order chi connectivity index (χ0) is 14.4. The van der Waals surface area contributed by atoms with Crippen LogP contribution in [0, 0.1) is 13.8 Å². The molecule has 106 valence electrons. The van der Waals surface area contributed by atoms with Gasteiger partial charge in [-0.3, -0.25) is 0 Å². The van der Waals surface area contributed by atoms with Gasteiger partial charge in [-0.1, -0.05) is 36.4 Å². The van der Waals surface area contributed by atoms with E-state index in [0.717, 1.165) is 13.1 Å². The molecule has 1 atom stereocenters. The lowest BCUT2D eigenvalue weighted by molar-refractivity contribution is 0.586.